The molecule has 0 aromatic carbocycles. The highest BCUT2D eigenvalue weighted by Crippen LogP contribution is 2.06. The summed E-state index contributed by atoms with van der Waals surface area (Å²) in [5, 5.41) is 14.5. The number of carboxylic acids is 1. The maximum Gasteiger partial charge on any atom is 0.407 e. The fourth-order valence-electron chi connectivity index (χ4n) is 1.54. The van der Waals surface area contributed by atoms with Gasteiger partial charge in [-0.05, 0) is 46.6 Å². The molecule has 0 radical (unpaired) electrons. The smallest absolute Gasteiger partial charge is 0.407 e. The zero-order chi connectivity index (χ0) is 14.9. The summed E-state index contributed by atoms with van der Waals surface area (Å²) >= 11 is 0. The van der Waals surface area contributed by atoms with Crippen LogP contribution in [0.25, 0.3) is 0 Å². The zero-order valence-corrected chi connectivity index (χ0v) is 12.3. The number of alkyl carbamates (subject to hydrolysis) is 1. The van der Waals surface area contributed by atoms with Crippen LogP contribution in [0.2, 0.25) is 0 Å². The maximum atomic E-state index is 11.3. The lowest BCUT2D eigenvalue weighted by Gasteiger charge is -2.19. The van der Waals surface area contributed by atoms with Crippen molar-refractivity contribution in [2.24, 2.45) is 0 Å². The number of hydrogen-bond acceptors (Lipinski definition) is 4. The molecule has 1 atom stereocenters. The van der Waals surface area contributed by atoms with Crippen LogP contribution in [-0.2, 0) is 9.53 Å². The van der Waals surface area contributed by atoms with Crippen molar-refractivity contribution in [2.45, 2.75) is 58.6 Å². The molecule has 0 aliphatic heterocycles. The highest BCUT2D eigenvalue weighted by molar-refractivity contribution is 5.73. The van der Waals surface area contributed by atoms with Gasteiger partial charge < -0.3 is 20.5 Å². The Morgan fingerprint density at radius 3 is 2.37 bits per heavy atom. The van der Waals surface area contributed by atoms with E-state index in [0.717, 1.165) is 12.8 Å². The maximum absolute atomic E-state index is 11.3. The quantitative estimate of drug-likeness (QED) is 0.587. The minimum Gasteiger partial charge on any atom is -0.480 e. The molecule has 1 amide bonds. The third kappa shape index (κ3) is 10.3. The Labute approximate surface area is 114 Å². The van der Waals surface area contributed by atoms with E-state index in [9.17, 15) is 9.59 Å². The highest BCUT2D eigenvalue weighted by Gasteiger charge is 2.16. The van der Waals surface area contributed by atoms with Crippen LogP contribution in [0.5, 0.6) is 0 Å². The molecular weight excluding hydrogens is 248 g/mol. The number of amides is 1. The van der Waals surface area contributed by atoms with Gasteiger partial charge in [0.05, 0.1) is 0 Å². The van der Waals surface area contributed by atoms with Gasteiger partial charge in [0, 0.05) is 6.54 Å². The van der Waals surface area contributed by atoms with Crippen LogP contribution in [-0.4, -0.2) is 41.9 Å². The second kappa shape index (κ2) is 8.74. The summed E-state index contributed by atoms with van der Waals surface area (Å²) in [6.45, 7) is 8.42. The van der Waals surface area contributed by atoms with Crippen molar-refractivity contribution >= 4 is 12.1 Å². The highest BCUT2D eigenvalue weighted by atomic mass is 16.6. The summed E-state index contributed by atoms with van der Waals surface area (Å²) in [4.78, 5) is 22.2. The average molecular weight is 274 g/mol. The van der Waals surface area contributed by atoms with Crippen LogP contribution in [0.15, 0.2) is 0 Å². The molecule has 0 aromatic heterocycles. The topological polar surface area (TPSA) is 87.7 Å². The molecule has 19 heavy (non-hydrogen) atoms. The lowest BCUT2D eigenvalue weighted by molar-refractivity contribution is -0.139. The lowest BCUT2D eigenvalue weighted by atomic mass is 10.1. The molecule has 0 aliphatic rings. The van der Waals surface area contributed by atoms with Crippen molar-refractivity contribution in [1.29, 1.82) is 0 Å². The standard InChI is InChI=1S/C13H26N2O4/c1-5-14-10(11(16)17)8-6-7-9-15-12(18)19-13(2,3)4/h10,14H,5-9H2,1-4H3,(H,15,18)(H,16,17)/t10-/m0/s1. The van der Waals surface area contributed by atoms with Gasteiger partial charge in [0.2, 0.25) is 0 Å². The Kier molecular flexibility index (Phi) is 8.14. The fraction of sp³-hybridized carbons (Fsp3) is 0.846. The fourth-order valence-corrected chi connectivity index (χ4v) is 1.54. The zero-order valence-electron chi connectivity index (χ0n) is 12.3. The summed E-state index contributed by atoms with van der Waals surface area (Å²) in [5.74, 6) is -0.832. The number of unbranched alkanes of at least 4 members (excludes halogenated alkanes) is 1. The summed E-state index contributed by atoms with van der Waals surface area (Å²) in [6.07, 6.45) is 1.59. The number of hydrogen-bond donors (Lipinski definition) is 3. The van der Waals surface area contributed by atoms with E-state index < -0.39 is 23.7 Å². The first-order valence-corrected chi connectivity index (χ1v) is 6.69. The predicted molar refractivity (Wildman–Crippen MR) is 73.2 cm³/mol. The van der Waals surface area contributed by atoms with Crippen LogP contribution in [0.4, 0.5) is 4.79 Å². The van der Waals surface area contributed by atoms with Crippen molar-refractivity contribution in [3.8, 4) is 0 Å². The van der Waals surface area contributed by atoms with Gasteiger partial charge in [-0.25, -0.2) is 4.79 Å². The molecule has 3 N–H and O–H groups in total. The Morgan fingerprint density at radius 2 is 1.89 bits per heavy atom. The first kappa shape index (κ1) is 17.7. The first-order valence-electron chi connectivity index (χ1n) is 6.69. The molecule has 0 bridgehead atoms. The van der Waals surface area contributed by atoms with Crippen molar-refractivity contribution in [3.63, 3.8) is 0 Å². The number of nitrogens with one attached hydrogen (secondary N) is 2. The van der Waals surface area contributed by atoms with Gasteiger partial charge in [-0.2, -0.15) is 0 Å². The number of aliphatic carboxylic acids is 1. The van der Waals surface area contributed by atoms with E-state index in [1.54, 1.807) is 20.8 Å². The monoisotopic (exact) mass is 274 g/mol. The van der Waals surface area contributed by atoms with E-state index in [4.69, 9.17) is 9.84 Å². The van der Waals surface area contributed by atoms with E-state index in [-0.39, 0.29) is 0 Å². The average Bonchev–Trinajstić information content (AvgIpc) is 2.24. The molecule has 0 heterocycles. The van der Waals surface area contributed by atoms with E-state index in [1.807, 2.05) is 6.92 Å². The molecule has 0 fully saturated rings. The summed E-state index contributed by atoms with van der Waals surface area (Å²) in [6, 6.07) is -0.508. The normalized spacial score (nSPS) is 12.8. The van der Waals surface area contributed by atoms with Crippen molar-refractivity contribution in [1.82, 2.24) is 10.6 Å². The van der Waals surface area contributed by atoms with Gasteiger partial charge in [-0.15, -0.1) is 0 Å². The molecule has 0 unspecified atom stereocenters. The molecule has 6 nitrogen and oxygen atoms in total. The molecule has 0 spiro atoms. The van der Waals surface area contributed by atoms with E-state index in [0.29, 0.717) is 19.5 Å². The van der Waals surface area contributed by atoms with Crippen LogP contribution in [0.3, 0.4) is 0 Å². The second-order valence-corrected chi connectivity index (χ2v) is 5.37. The number of ether oxygens (including phenoxy) is 1. The Bertz CT molecular complexity index is 287. The van der Waals surface area contributed by atoms with Crippen LogP contribution >= 0.6 is 0 Å². The molecule has 0 rings (SSSR count). The van der Waals surface area contributed by atoms with E-state index in [2.05, 4.69) is 10.6 Å². The third-order valence-electron chi connectivity index (χ3n) is 2.34. The number of rotatable bonds is 8. The molecule has 6 heteroatoms. The lowest BCUT2D eigenvalue weighted by Crippen LogP contribution is -2.36. The molecule has 0 aliphatic carbocycles. The third-order valence-corrected chi connectivity index (χ3v) is 2.34. The van der Waals surface area contributed by atoms with Gasteiger partial charge in [-0.3, -0.25) is 4.79 Å². The van der Waals surface area contributed by atoms with Gasteiger partial charge in [0.1, 0.15) is 11.6 Å². The molecular formula is C13H26N2O4. The minimum absolute atomic E-state index is 0.436. The summed E-state index contributed by atoms with van der Waals surface area (Å²) in [7, 11) is 0. The van der Waals surface area contributed by atoms with Crippen molar-refractivity contribution in [2.75, 3.05) is 13.1 Å². The Morgan fingerprint density at radius 1 is 1.26 bits per heavy atom. The van der Waals surface area contributed by atoms with Crippen LogP contribution in [0.1, 0.15) is 47.0 Å². The second-order valence-electron chi connectivity index (χ2n) is 5.37. The van der Waals surface area contributed by atoms with Crippen LogP contribution < -0.4 is 10.6 Å². The summed E-state index contributed by atoms with van der Waals surface area (Å²) in [5.41, 5.74) is -0.496. The first-order chi connectivity index (χ1) is 8.76. The minimum atomic E-state index is -0.832. The Hall–Kier alpha value is -1.30. The predicted octanol–water partition coefficient (Wildman–Crippen LogP) is 1.74. The molecule has 112 valence electrons. The van der Waals surface area contributed by atoms with Crippen LogP contribution in [0, 0.1) is 0 Å². The summed E-state index contributed by atoms with van der Waals surface area (Å²) < 4.78 is 5.09. The number of carbonyl (C=O) groups excluding carboxylic acids is 1. The van der Waals surface area contributed by atoms with Gasteiger partial charge in [0.25, 0.3) is 0 Å². The molecule has 0 aromatic rings. The van der Waals surface area contributed by atoms with Gasteiger partial charge in [0.15, 0.2) is 0 Å². The van der Waals surface area contributed by atoms with E-state index in [1.165, 1.54) is 0 Å². The molecule has 0 saturated carbocycles. The number of likely N-dealkylation sites (N-methyl/N-ethyl adjacent to an activating group) is 1. The number of carbonyl (C=O) groups is 2. The largest absolute Gasteiger partial charge is 0.480 e. The van der Waals surface area contributed by atoms with Gasteiger partial charge >= 0.3 is 12.1 Å². The van der Waals surface area contributed by atoms with Crippen molar-refractivity contribution < 1.29 is 19.4 Å². The Balaban J connectivity index is 3.69. The number of carboxylic acid groups (broad SMARTS) is 1. The SMILES string of the molecule is CCN[C@@H](CCCCNC(=O)OC(C)(C)C)C(=O)O. The van der Waals surface area contributed by atoms with E-state index >= 15 is 0 Å². The van der Waals surface area contributed by atoms with Crippen molar-refractivity contribution in [3.05, 3.63) is 0 Å². The van der Waals surface area contributed by atoms with Gasteiger partial charge in [-0.1, -0.05) is 6.92 Å². The molecule has 0 saturated heterocycles.